The Labute approximate surface area is 168 Å². The zero-order valence-electron chi connectivity index (χ0n) is 11.8. The van der Waals surface area contributed by atoms with Gasteiger partial charge in [-0.15, -0.1) is 0 Å². The molecule has 126 valence electrons. The molecule has 0 spiro atoms. The Kier molecular flexibility index (Phi) is 5.18. The number of alkyl halides is 6. The molecule has 24 heavy (non-hydrogen) atoms. The van der Waals surface area contributed by atoms with Gasteiger partial charge in [0.1, 0.15) is 0 Å². The number of rotatable bonds is 2. The van der Waals surface area contributed by atoms with Crippen LogP contribution in [0.15, 0.2) is 44.7 Å². The highest BCUT2D eigenvalue weighted by Crippen LogP contribution is 2.33. The summed E-state index contributed by atoms with van der Waals surface area (Å²) in [5, 5.41) is 16.0. The lowest BCUT2D eigenvalue weighted by Gasteiger charge is -2.10. The van der Waals surface area contributed by atoms with E-state index in [9.17, 15) is 0 Å². The average molecular weight is 445 g/mol. The molecular weight excluding hydrogens is 437 g/mol. The van der Waals surface area contributed by atoms with E-state index in [1.807, 2.05) is 24.3 Å². The van der Waals surface area contributed by atoms with Crippen LogP contribution in [0.25, 0.3) is 0 Å². The predicted molar refractivity (Wildman–Crippen MR) is 104 cm³/mol. The van der Waals surface area contributed by atoms with Gasteiger partial charge < -0.3 is 0 Å². The maximum absolute atomic E-state index is 5.82. The number of hydrogen-bond acceptors (Lipinski definition) is 4. The molecule has 0 N–H and O–H groups in total. The summed E-state index contributed by atoms with van der Waals surface area (Å²) >= 11 is 34.9. The van der Waals surface area contributed by atoms with Gasteiger partial charge in [-0.3, -0.25) is 0 Å². The molecule has 4 nitrogen and oxygen atoms in total. The van der Waals surface area contributed by atoms with Crippen LogP contribution in [0.3, 0.4) is 0 Å². The Morgan fingerprint density at radius 3 is 1.17 bits per heavy atom. The fourth-order valence-corrected chi connectivity index (χ4v) is 2.82. The Balaban J connectivity index is 1.69. The number of hydrogen-bond donors (Lipinski definition) is 0. The molecule has 0 bridgehead atoms. The Morgan fingerprint density at radius 1 is 0.583 bits per heavy atom. The van der Waals surface area contributed by atoms with E-state index in [4.69, 9.17) is 69.6 Å². The number of nitrogens with zero attached hydrogens (tertiary/aromatic N) is 4. The first-order valence-electron chi connectivity index (χ1n) is 6.66. The largest absolute Gasteiger partial charge is 0.230 e. The van der Waals surface area contributed by atoms with Gasteiger partial charge in [-0.25, -0.2) is 0 Å². The first-order valence-corrected chi connectivity index (χ1v) is 8.93. The van der Waals surface area contributed by atoms with Crippen LogP contribution in [-0.2, 0) is 0 Å². The molecule has 0 amide bonds. The standard InChI is InChI=1S/C14H8Cl6N4/c15-13(16,17)11-5-9(21-23-11)7-1-2-8(4-3-7)10-6-12(24-22-10)14(18,19)20/h1-4H,5-6H2. The Bertz CT molecular complexity index is 714. The van der Waals surface area contributed by atoms with E-state index in [0.29, 0.717) is 24.3 Å². The van der Waals surface area contributed by atoms with Gasteiger partial charge in [-0.05, 0) is 11.1 Å². The summed E-state index contributed by atoms with van der Waals surface area (Å²) in [4.78, 5) is 0. The van der Waals surface area contributed by atoms with Crippen molar-refractivity contribution in [3.63, 3.8) is 0 Å². The molecule has 2 aliphatic rings. The van der Waals surface area contributed by atoms with Crippen molar-refractivity contribution in [2.24, 2.45) is 20.4 Å². The molecule has 0 aliphatic carbocycles. The SMILES string of the molecule is ClC(Cl)(Cl)C1=NN=C(c2ccc(C3=NN=C(C(Cl)(Cl)Cl)C3)cc2)C1. The molecule has 10 heteroatoms. The molecule has 2 aliphatic heterocycles. The Hall–Kier alpha value is -0.360. The van der Waals surface area contributed by atoms with Gasteiger partial charge in [0.15, 0.2) is 0 Å². The third-order valence-electron chi connectivity index (χ3n) is 3.46. The van der Waals surface area contributed by atoms with Gasteiger partial charge >= 0.3 is 0 Å². The summed E-state index contributed by atoms with van der Waals surface area (Å²) in [7, 11) is 0. The van der Waals surface area contributed by atoms with Crippen LogP contribution in [-0.4, -0.2) is 30.4 Å². The fraction of sp³-hybridized carbons (Fsp3) is 0.286. The molecule has 3 rings (SSSR count). The summed E-state index contributed by atoms with van der Waals surface area (Å²) in [6.07, 6.45) is 0.772. The van der Waals surface area contributed by atoms with Gasteiger partial charge in [0.2, 0.25) is 7.59 Å². The molecule has 2 heterocycles. The maximum Gasteiger partial charge on any atom is 0.230 e. The molecule has 0 saturated heterocycles. The van der Waals surface area contributed by atoms with Crippen LogP contribution in [0.4, 0.5) is 0 Å². The summed E-state index contributed by atoms with van der Waals surface area (Å²) in [5.41, 5.74) is 4.02. The van der Waals surface area contributed by atoms with Gasteiger partial charge in [-0.2, -0.15) is 20.4 Å². The number of benzene rings is 1. The lowest BCUT2D eigenvalue weighted by Crippen LogP contribution is -2.20. The predicted octanol–water partition coefficient (Wildman–Crippen LogP) is 5.52. The van der Waals surface area contributed by atoms with Crippen molar-refractivity contribution in [1.82, 2.24) is 0 Å². The minimum atomic E-state index is -1.55. The monoisotopic (exact) mass is 442 g/mol. The first kappa shape index (κ1) is 18.4. The highest BCUT2D eigenvalue weighted by molar-refractivity contribution is 6.78. The van der Waals surface area contributed by atoms with Crippen molar-refractivity contribution in [3.05, 3.63) is 35.4 Å². The Morgan fingerprint density at radius 2 is 0.917 bits per heavy atom. The van der Waals surface area contributed by atoms with Crippen LogP contribution < -0.4 is 0 Å². The van der Waals surface area contributed by atoms with Crippen molar-refractivity contribution >= 4 is 92.5 Å². The minimum Gasteiger partial charge on any atom is -0.155 e. The summed E-state index contributed by atoms with van der Waals surface area (Å²) in [5.74, 6) is 0. The van der Waals surface area contributed by atoms with Crippen molar-refractivity contribution in [2.45, 2.75) is 20.4 Å². The van der Waals surface area contributed by atoms with Crippen LogP contribution in [0.2, 0.25) is 0 Å². The van der Waals surface area contributed by atoms with E-state index in [-0.39, 0.29) is 0 Å². The second-order valence-corrected chi connectivity index (χ2v) is 9.68. The van der Waals surface area contributed by atoms with E-state index in [2.05, 4.69) is 20.4 Å². The van der Waals surface area contributed by atoms with Crippen molar-refractivity contribution in [2.75, 3.05) is 0 Å². The molecule has 0 radical (unpaired) electrons. The fourth-order valence-electron chi connectivity index (χ4n) is 2.19. The normalized spacial score (nSPS) is 18.2. The summed E-state index contributed by atoms with van der Waals surface area (Å²) in [6.45, 7) is 0. The number of halogens is 6. The summed E-state index contributed by atoms with van der Waals surface area (Å²) < 4.78 is -3.09. The van der Waals surface area contributed by atoms with Crippen molar-refractivity contribution < 1.29 is 0 Å². The van der Waals surface area contributed by atoms with Crippen LogP contribution in [0.5, 0.6) is 0 Å². The van der Waals surface area contributed by atoms with Crippen molar-refractivity contribution in [3.8, 4) is 0 Å². The molecule has 0 fully saturated rings. The molecule has 0 atom stereocenters. The molecule has 0 saturated carbocycles. The van der Waals surface area contributed by atoms with Gasteiger partial charge in [-0.1, -0.05) is 93.9 Å². The third-order valence-corrected chi connectivity index (χ3v) is 4.77. The van der Waals surface area contributed by atoms with Gasteiger partial charge in [0.05, 0.1) is 22.8 Å². The first-order chi connectivity index (χ1) is 11.1. The molecule has 0 unspecified atom stereocenters. The molecule has 1 aromatic carbocycles. The topological polar surface area (TPSA) is 49.4 Å². The average Bonchev–Trinajstić information content (AvgIpc) is 3.16. The van der Waals surface area contributed by atoms with Crippen molar-refractivity contribution in [1.29, 1.82) is 0 Å². The van der Waals surface area contributed by atoms with E-state index in [1.54, 1.807) is 0 Å². The molecule has 1 aromatic rings. The third kappa shape index (κ3) is 4.06. The second-order valence-electron chi connectivity index (χ2n) is 5.11. The van der Waals surface area contributed by atoms with Crippen LogP contribution in [0.1, 0.15) is 24.0 Å². The van der Waals surface area contributed by atoms with E-state index < -0.39 is 7.59 Å². The zero-order chi connectivity index (χ0) is 17.5. The van der Waals surface area contributed by atoms with Gasteiger partial charge in [0, 0.05) is 12.8 Å². The molecule has 0 aromatic heterocycles. The zero-order valence-corrected chi connectivity index (χ0v) is 16.3. The maximum atomic E-state index is 5.82. The lowest BCUT2D eigenvalue weighted by atomic mass is 10.0. The second kappa shape index (κ2) is 6.75. The highest BCUT2D eigenvalue weighted by atomic mass is 35.6. The van der Waals surface area contributed by atoms with Crippen LogP contribution in [0, 0.1) is 0 Å². The van der Waals surface area contributed by atoms with E-state index >= 15 is 0 Å². The summed E-state index contributed by atoms with van der Waals surface area (Å²) in [6, 6.07) is 7.56. The highest BCUT2D eigenvalue weighted by Gasteiger charge is 2.33. The van der Waals surface area contributed by atoms with E-state index in [0.717, 1.165) is 22.6 Å². The van der Waals surface area contributed by atoms with E-state index in [1.165, 1.54) is 0 Å². The quantitative estimate of drug-likeness (QED) is 0.539. The lowest BCUT2D eigenvalue weighted by molar-refractivity contribution is 1.24. The molecular formula is C14H8Cl6N4. The minimum absolute atomic E-state index is 0.386. The smallest absolute Gasteiger partial charge is 0.155 e. The van der Waals surface area contributed by atoms with Gasteiger partial charge in [0.25, 0.3) is 0 Å². The van der Waals surface area contributed by atoms with Crippen LogP contribution >= 0.6 is 69.6 Å².